The first-order chi connectivity index (χ1) is 6.65. The summed E-state index contributed by atoms with van der Waals surface area (Å²) >= 11 is 1.82. The molecule has 2 aromatic rings. The van der Waals surface area contributed by atoms with Crippen molar-refractivity contribution in [3.63, 3.8) is 0 Å². The van der Waals surface area contributed by atoms with Crippen molar-refractivity contribution in [3.05, 3.63) is 45.4 Å². The second-order valence-corrected chi connectivity index (χ2v) is 4.98. The monoisotopic (exact) mass is 205 g/mol. The van der Waals surface area contributed by atoms with Gasteiger partial charge in [-0.1, -0.05) is 0 Å². The molecule has 74 valence electrons. The molecule has 0 fully saturated rings. The van der Waals surface area contributed by atoms with Crippen molar-refractivity contribution in [2.24, 2.45) is 0 Å². The number of aryl methyl sites for hydroxylation is 3. The summed E-state index contributed by atoms with van der Waals surface area (Å²) in [5.74, 6) is 0. The van der Waals surface area contributed by atoms with E-state index in [9.17, 15) is 0 Å². The highest BCUT2D eigenvalue weighted by Gasteiger charge is 2.00. The van der Waals surface area contributed by atoms with Gasteiger partial charge in [0.2, 0.25) is 0 Å². The van der Waals surface area contributed by atoms with E-state index in [1.165, 1.54) is 21.6 Å². The molecule has 0 spiro atoms. The topological polar surface area (TPSA) is 4.93 Å². The van der Waals surface area contributed by atoms with Crippen molar-refractivity contribution in [1.29, 1.82) is 0 Å². The molecule has 2 rings (SSSR count). The number of aromatic nitrogens is 1. The molecule has 0 aliphatic heterocycles. The molecule has 0 N–H and O–H groups in total. The molecule has 0 aromatic carbocycles. The van der Waals surface area contributed by atoms with Gasteiger partial charge in [-0.3, -0.25) is 0 Å². The molecule has 0 atom stereocenters. The minimum Gasteiger partial charge on any atom is -0.349 e. The Labute approximate surface area is 89.0 Å². The van der Waals surface area contributed by atoms with Crippen LogP contribution in [0.4, 0.5) is 0 Å². The number of rotatable bonds is 2. The van der Waals surface area contributed by atoms with Gasteiger partial charge in [0.05, 0.1) is 0 Å². The predicted octanol–water partition coefficient (Wildman–Crippen LogP) is 3.52. The van der Waals surface area contributed by atoms with E-state index in [0.29, 0.717) is 0 Å². The molecule has 14 heavy (non-hydrogen) atoms. The van der Waals surface area contributed by atoms with Gasteiger partial charge in [-0.05, 0) is 48.9 Å². The van der Waals surface area contributed by atoms with Gasteiger partial charge < -0.3 is 4.57 Å². The standard InChI is InChI=1S/C12H15NS/c1-9-5-13(6-10(9)2)7-12-4-11(3)14-8-12/h4-6,8H,7H2,1-3H3. The van der Waals surface area contributed by atoms with Gasteiger partial charge in [-0.15, -0.1) is 11.3 Å². The van der Waals surface area contributed by atoms with Crippen LogP contribution < -0.4 is 0 Å². The molecule has 0 saturated heterocycles. The van der Waals surface area contributed by atoms with Crippen LogP contribution in [0.25, 0.3) is 0 Å². The maximum Gasteiger partial charge on any atom is 0.0478 e. The molecule has 2 heteroatoms. The third-order valence-corrected chi connectivity index (χ3v) is 3.40. The lowest BCUT2D eigenvalue weighted by molar-refractivity contribution is 0.805. The van der Waals surface area contributed by atoms with E-state index in [1.54, 1.807) is 0 Å². The Bertz CT molecular complexity index is 417. The molecule has 2 aromatic heterocycles. The summed E-state index contributed by atoms with van der Waals surface area (Å²) in [5.41, 5.74) is 4.15. The summed E-state index contributed by atoms with van der Waals surface area (Å²) in [6, 6.07) is 2.26. The Hall–Kier alpha value is -1.02. The van der Waals surface area contributed by atoms with E-state index in [4.69, 9.17) is 0 Å². The average Bonchev–Trinajstić information content (AvgIpc) is 2.62. The normalized spacial score (nSPS) is 10.8. The fourth-order valence-electron chi connectivity index (χ4n) is 1.62. The highest BCUT2D eigenvalue weighted by atomic mass is 32.1. The van der Waals surface area contributed by atoms with Crippen LogP contribution in [-0.4, -0.2) is 4.57 Å². The molecule has 0 radical (unpaired) electrons. The van der Waals surface area contributed by atoms with Crippen molar-refractivity contribution in [2.45, 2.75) is 27.3 Å². The Kier molecular flexibility index (Phi) is 2.46. The molecular weight excluding hydrogens is 190 g/mol. The molecule has 0 aliphatic rings. The van der Waals surface area contributed by atoms with Crippen LogP contribution in [0.2, 0.25) is 0 Å². The van der Waals surface area contributed by atoms with Gasteiger partial charge in [0, 0.05) is 23.8 Å². The first-order valence-electron chi connectivity index (χ1n) is 4.82. The van der Waals surface area contributed by atoms with E-state index in [2.05, 4.69) is 49.2 Å². The molecule has 0 amide bonds. The summed E-state index contributed by atoms with van der Waals surface area (Å²) in [7, 11) is 0. The lowest BCUT2D eigenvalue weighted by atomic mass is 10.2. The van der Waals surface area contributed by atoms with E-state index in [-0.39, 0.29) is 0 Å². The maximum absolute atomic E-state index is 2.26. The maximum atomic E-state index is 2.26. The molecule has 0 aliphatic carbocycles. The van der Waals surface area contributed by atoms with Crippen LogP contribution in [0.5, 0.6) is 0 Å². The zero-order valence-electron chi connectivity index (χ0n) is 8.87. The molecule has 0 unspecified atom stereocenters. The molecule has 2 heterocycles. The van der Waals surface area contributed by atoms with Gasteiger partial charge >= 0.3 is 0 Å². The Morgan fingerprint density at radius 1 is 1.14 bits per heavy atom. The van der Waals surface area contributed by atoms with Crippen LogP contribution in [0.3, 0.4) is 0 Å². The van der Waals surface area contributed by atoms with E-state index in [0.717, 1.165) is 6.54 Å². The second-order valence-electron chi connectivity index (χ2n) is 3.86. The van der Waals surface area contributed by atoms with Crippen molar-refractivity contribution < 1.29 is 0 Å². The first kappa shape index (κ1) is 9.53. The Morgan fingerprint density at radius 3 is 2.29 bits per heavy atom. The van der Waals surface area contributed by atoms with Crippen LogP contribution >= 0.6 is 11.3 Å². The van der Waals surface area contributed by atoms with Gasteiger partial charge in [0.25, 0.3) is 0 Å². The summed E-state index contributed by atoms with van der Waals surface area (Å²) in [6.45, 7) is 7.47. The van der Waals surface area contributed by atoms with Crippen LogP contribution in [-0.2, 0) is 6.54 Å². The van der Waals surface area contributed by atoms with Crippen molar-refractivity contribution >= 4 is 11.3 Å². The number of thiophene rings is 1. The molecular formula is C12H15NS. The van der Waals surface area contributed by atoms with E-state index < -0.39 is 0 Å². The largest absolute Gasteiger partial charge is 0.349 e. The highest BCUT2D eigenvalue weighted by molar-refractivity contribution is 7.10. The van der Waals surface area contributed by atoms with Gasteiger partial charge in [-0.2, -0.15) is 0 Å². The predicted molar refractivity (Wildman–Crippen MR) is 62.1 cm³/mol. The molecule has 1 nitrogen and oxygen atoms in total. The minimum atomic E-state index is 0.999. The van der Waals surface area contributed by atoms with Gasteiger partial charge in [-0.25, -0.2) is 0 Å². The quantitative estimate of drug-likeness (QED) is 0.707. The zero-order valence-corrected chi connectivity index (χ0v) is 9.69. The zero-order chi connectivity index (χ0) is 10.1. The number of nitrogens with zero attached hydrogens (tertiary/aromatic N) is 1. The third kappa shape index (κ3) is 1.90. The average molecular weight is 205 g/mol. The van der Waals surface area contributed by atoms with Gasteiger partial charge in [0.15, 0.2) is 0 Å². The second kappa shape index (κ2) is 3.62. The summed E-state index contributed by atoms with van der Waals surface area (Å²) < 4.78 is 2.26. The van der Waals surface area contributed by atoms with E-state index in [1.807, 2.05) is 11.3 Å². The van der Waals surface area contributed by atoms with Crippen molar-refractivity contribution in [3.8, 4) is 0 Å². The van der Waals surface area contributed by atoms with Gasteiger partial charge in [0.1, 0.15) is 0 Å². The lowest BCUT2D eigenvalue weighted by Crippen LogP contribution is -1.93. The van der Waals surface area contributed by atoms with Crippen molar-refractivity contribution in [2.75, 3.05) is 0 Å². The molecule has 0 bridgehead atoms. The number of hydrogen-bond donors (Lipinski definition) is 0. The highest BCUT2D eigenvalue weighted by Crippen LogP contribution is 2.16. The van der Waals surface area contributed by atoms with E-state index >= 15 is 0 Å². The Balaban J connectivity index is 2.18. The van der Waals surface area contributed by atoms with Crippen LogP contribution in [0.1, 0.15) is 21.6 Å². The fourth-order valence-corrected chi connectivity index (χ4v) is 2.32. The van der Waals surface area contributed by atoms with Crippen molar-refractivity contribution in [1.82, 2.24) is 4.57 Å². The smallest absolute Gasteiger partial charge is 0.0478 e. The van der Waals surface area contributed by atoms with Crippen LogP contribution in [0.15, 0.2) is 23.8 Å². The minimum absolute atomic E-state index is 0.999. The van der Waals surface area contributed by atoms with Crippen LogP contribution in [0, 0.1) is 20.8 Å². The fraction of sp³-hybridized carbons (Fsp3) is 0.333. The first-order valence-corrected chi connectivity index (χ1v) is 5.70. The number of hydrogen-bond acceptors (Lipinski definition) is 1. The summed E-state index contributed by atoms with van der Waals surface area (Å²) in [6.07, 6.45) is 4.42. The molecule has 0 saturated carbocycles. The Morgan fingerprint density at radius 2 is 1.79 bits per heavy atom. The lowest BCUT2D eigenvalue weighted by Gasteiger charge is -1.98. The summed E-state index contributed by atoms with van der Waals surface area (Å²) in [5, 5.41) is 2.24. The SMILES string of the molecule is Cc1cc(Cn2cc(C)c(C)c2)cs1. The third-order valence-electron chi connectivity index (χ3n) is 2.49. The summed E-state index contributed by atoms with van der Waals surface area (Å²) in [4.78, 5) is 1.39.